The second-order valence-electron chi connectivity index (χ2n) is 6.57. The van der Waals surface area contributed by atoms with Crippen LogP contribution in [-0.2, 0) is 6.54 Å². The number of rotatable bonds is 6. The van der Waals surface area contributed by atoms with E-state index in [0.29, 0.717) is 5.82 Å². The molecule has 134 valence electrons. The van der Waals surface area contributed by atoms with E-state index in [1.54, 1.807) is 18.5 Å². The summed E-state index contributed by atoms with van der Waals surface area (Å²) in [6.45, 7) is 5.65. The summed E-state index contributed by atoms with van der Waals surface area (Å²) in [5.74, 6) is 0.464. The number of likely N-dealkylation sites (tertiary alicyclic amines) is 1. The Morgan fingerprint density at radius 2 is 2.12 bits per heavy atom. The normalized spacial score (nSPS) is 16.1. The van der Waals surface area contributed by atoms with Gasteiger partial charge in [-0.1, -0.05) is 0 Å². The van der Waals surface area contributed by atoms with E-state index >= 15 is 0 Å². The highest BCUT2D eigenvalue weighted by molar-refractivity contribution is 5.58. The van der Waals surface area contributed by atoms with Crippen LogP contribution in [0.2, 0.25) is 0 Å². The van der Waals surface area contributed by atoms with Gasteiger partial charge in [-0.2, -0.15) is 5.10 Å². The summed E-state index contributed by atoms with van der Waals surface area (Å²) < 4.78 is 1.94. The van der Waals surface area contributed by atoms with Gasteiger partial charge in [0, 0.05) is 57.4 Å². The fourth-order valence-electron chi connectivity index (χ4n) is 3.33. The van der Waals surface area contributed by atoms with Crippen LogP contribution < -0.4 is 4.90 Å². The third-order valence-corrected chi connectivity index (χ3v) is 4.82. The first kappa shape index (κ1) is 17.3. The third-order valence-electron chi connectivity index (χ3n) is 4.82. The van der Waals surface area contributed by atoms with Crippen molar-refractivity contribution in [3.8, 4) is 0 Å². The first-order chi connectivity index (χ1) is 12.0. The number of nitro groups is 1. The topological polar surface area (TPSA) is 80.3 Å². The first-order valence-electron chi connectivity index (χ1n) is 8.58. The number of aryl methyl sites for hydroxylation is 1. The number of anilines is 1. The molecule has 8 heteroatoms. The smallest absolute Gasteiger partial charge is 0.311 e. The molecule has 1 aliphatic heterocycles. The Morgan fingerprint density at radius 3 is 2.76 bits per heavy atom. The molecule has 1 fully saturated rings. The monoisotopic (exact) mass is 344 g/mol. The van der Waals surface area contributed by atoms with E-state index < -0.39 is 0 Å². The van der Waals surface area contributed by atoms with Gasteiger partial charge in [0.15, 0.2) is 0 Å². The summed E-state index contributed by atoms with van der Waals surface area (Å²) in [5.41, 5.74) is 0.890. The maximum absolute atomic E-state index is 11.3. The van der Waals surface area contributed by atoms with Gasteiger partial charge in [-0.3, -0.25) is 14.8 Å². The van der Waals surface area contributed by atoms with E-state index in [4.69, 9.17) is 0 Å². The number of piperidine rings is 1. The molecule has 3 heterocycles. The van der Waals surface area contributed by atoms with Crippen LogP contribution >= 0.6 is 0 Å². The van der Waals surface area contributed by atoms with Crippen LogP contribution in [0.3, 0.4) is 0 Å². The van der Waals surface area contributed by atoms with Crippen molar-refractivity contribution in [3.05, 3.63) is 46.4 Å². The molecule has 0 atom stereocenters. The number of hydrogen-bond acceptors (Lipinski definition) is 6. The predicted molar refractivity (Wildman–Crippen MR) is 95.7 cm³/mol. The Bertz CT molecular complexity index is 710. The molecule has 3 rings (SSSR count). The summed E-state index contributed by atoms with van der Waals surface area (Å²) in [4.78, 5) is 19.7. The summed E-state index contributed by atoms with van der Waals surface area (Å²) in [5, 5.41) is 15.6. The van der Waals surface area contributed by atoms with Crippen LogP contribution in [0, 0.1) is 17.0 Å². The average molecular weight is 344 g/mol. The van der Waals surface area contributed by atoms with Gasteiger partial charge in [-0.15, -0.1) is 0 Å². The summed E-state index contributed by atoms with van der Waals surface area (Å²) in [6, 6.07) is 3.80. The minimum absolute atomic E-state index is 0.0867. The Hall–Kier alpha value is -2.48. The van der Waals surface area contributed by atoms with Crippen molar-refractivity contribution in [2.24, 2.45) is 0 Å². The molecule has 0 amide bonds. The van der Waals surface area contributed by atoms with Gasteiger partial charge in [0.2, 0.25) is 5.82 Å². The van der Waals surface area contributed by atoms with Crippen molar-refractivity contribution >= 4 is 11.5 Å². The molecule has 2 aromatic heterocycles. The standard InChI is InChI=1S/C17H24N6O2/c1-14-12-16(23(24)25)17(18-13-14)20(2)15-4-8-21(9-5-15)10-11-22-7-3-6-19-22/h3,6-7,12-13,15H,4-5,8-11H2,1-2H3. The van der Waals surface area contributed by atoms with E-state index in [2.05, 4.69) is 15.0 Å². The third kappa shape index (κ3) is 4.14. The Balaban J connectivity index is 1.58. The molecule has 1 saturated heterocycles. The van der Waals surface area contributed by atoms with Gasteiger partial charge >= 0.3 is 5.69 Å². The minimum atomic E-state index is -0.342. The van der Waals surface area contributed by atoms with Crippen LogP contribution in [0.1, 0.15) is 18.4 Å². The lowest BCUT2D eigenvalue weighted by Crippen LogP contribution is -2.44. The van der Waals surface area contributed by atoms with Crippen molar-refractivity contribution in [3.63, 3.8) is 0 Å². The number of aromatic nitrogens is 3. The van der Waals surface area contributed by atoms with E-state index in [1.165, 1.54) is 0 Å². The van der Waals surface area contributed by atoms with Gasteiger partial charge in [0.05, 0.1) is 11.5 Å². The zero-order valence-electron chi connectivity index (χ0n) is 14.7. The van der Waals surface area contributed by atoms with Crippen molar-refractivity contribution < 1.29 is 4.92 Å². The highest BCUT2D eigenvalue weighted by Crippen LogP contribution is 2.29. The second-order valence-corrected chi connectivity index (χ2v) is 6.57. The largest absolute Gasteiger partial charge is 0.351 e. The van der Waals surface area contributed by atoms with Crippen LogP contribution in [-0.4, -0.2) is 57.3 Å². The molecule has 8 nitrogen and oxygen atoms in total. The highest BCUT2D eigenvalue weighted by Gasteiger charge is 2.27. The molecule has 1 aliphatic rings. The SMILES string of the molecule is Cc1cnc(N(C)C2CCN(CCn3cccn3)CC2)c([N+](=O)[O-])c1. The van der Waals surface area contributed by atoms with E-state index in [1.807, 2.05) is 35.8 Å². The molecule has 0 saturated carbocycles. The van der Waals surface area contributed by atoms with E-state index in [0.717, 1.165) is 44.6 Å². The molecule has 0 spiro atoms. The molecule has 0 N–H and O–H groups in total. The van der Waals surface area contributed by atoms with Crippen molar-refractivity contribution in [1.82, 2.24) is 19.7 Å². The lowest BCUT2D eigenvalue weighted by atomic mass is 10.0. The fraction of sp³-hybridized carbons (Fsp3) is 0.529. The summed E-state index contributed by atoms with van der Waals surface area (Å²) in [6.07, 6.45) is 7.41. The van der Waals surface area contributed by atoms with Crippen LogP contribution in [0.15, 0.2) is 30.7 Å². The number of pyridine rings is 1. The zero-order valence-corrected chi connectivity index (χ0v) is 14.7. The van der Waals surface area contributed by atoms with Gasteiger partial charge in [0.25, 0.3) is 0 Å². The van der Waals surface area contributed by atoms with E-state index in [-0.39, 0.29) is 16.7 Å². The Kier molecular flexibility index (Phi) is 5.28. The van der Waals surface area contributed by atoms with Gasteiger partial charge < -0.3 is 9.80 Å². The van der Waals surface area contributed by atoms with Crippen LogP contribution in [0.25, 0.3) is 0 Å². The minimum Gasteiger partial charge on any atom is -0.351 e. The molecule has 0 radical (unpaired) electrons. The van der Waals surface area contributed by atoms with E-state index in [9.17, 15) is 10.1 Å². The number of hydrogen-bond donors (Lipinski definition) is 0. The molecular formula is C17H24N6O2. The highest BCUT2D eigenvalue weighted by atomic mass is 16.6. The van der Waals surface area contributed by atoms with Crippen LogP contribution in [0.5, 0.6) is 0 Å². The molecule has 0 aromatic carbocycles. The first-order valence-corrected chi connectivity index (χ1v) is 8.58. The lowest BCUT2D eigenvalue weighted by molar-refractivity contribution is -0.384. The van der Waals surface area contributed by atoms with Crippen LogP contribution in [0.4, 0.5) is 11.5 Å². The summed E-state index contributed by atoms with van der Waals surface area (Å²) in [7, 11) is 1.91. The molecule has 0 aliphatic carbocycles. The maximum Gasteiger partial charge on any atom is 0.311 e. The van der Waals surface area contributed by atoms with Crippen molar-refractivity contribution in [1.29, 1.82) is 0 Å². The maximum atomic E-state index is 11.3. The van der Waals surface area contributed by atoms with Crippen molar-refractivity contribution in [2.75, 3.05) is 31.6 Å². The number of nitrogens with zero attached hydrogens (tertiary/aromatic N) is 6. The molecule has 2 aromatic rings. The molecule has 0 bridgehead atoms. The van der Waals surface area contributed by atoms with Gasteiger partial charge in [-0.25, -0.2) is 4.98 Å². The predicted octanol–water partition coefficient (Wildman–Crippen LogP) is 2.10. The fourth-order valence-corrected chi connectivity index (χ4v) is 3.33. The summed E-state index contributed by atoms with van der Waals surface area (Å²) >= 11 is 0. The zero-order chi connectivity index (χ0) is 17.8. The molecule has 25 heavy (non-hydrogen) atoms. The van der Waals surface area contributed by atoms with Crippen molar-refractivity contribution in [2.45, 2.75) is 32.4 Å². The molecular weight excluding hydrogens is 320 g/mol. The second kappa shape index (κ2) is 7.60. The average Bonchev–Trinajstić information content (AvgIpc) is 3.13. The van der Waals surface area contributed by atoms with Gasteiger partial charge in [0.1, 0.15) is 0 Å². The quantitative estimate of drug-likeness (QED) is 0.590. The Labute approximate surface area is 147 Å². The Morgan fingerprint density at radius 1 is 1.36 bits per heavy atom. The molecule has 0 unspecified atom stereocenters. The van der Waals surface area contributed by atoms with Gasteiger partial charge in [-0.05, 0) is 31.4 Å². The lowest BCUT2D eigenvalue weighted by Gasteiger charge is -2.37.